The molecular weight excluding hydrogens is 534 g/mol. The van der Waals surface area contributed by atoms with Gasteiger partial charge in [-0.25, -0.2) is 0 Å². The number of aliphatic imine (C=N–C) groups is 1. The molecule has 5 heteroatoms. The van der Waals surface area contributed by atoms with Crippen LogP contribution in [0.3, 0.4) is 0 Å². The van der Waals surface area contributed by atoms with Crippen molar-refractivity contribution in [3.63, 3.8) is 0 Å². The molecule has 3 aromatic rings. The number of benzene rings is 3. The molecule has 0 saturated heterocycles. The number of aryl methyl sites for hydroxylation is 2. The Hall–Kier alpha value is -1.43. The van der Waals surface area contributed by atoms with E-state index in [4.69, 9.17) is 4.74 Å². The number of halogens is 3. The average Bonchev–Trinajstić information content (AvgIpc) is 2.63. The third-order valence-corrected chi connectivity index (χ3v) is 5.75. The predicted molar refractivity (Wildman–Crippen MR) is 123 cm³/mol. The molecule has 2 nitrogen and oxygen atoms in total. The molecule has 0 aliphatic carbocycles. The van der Waals surface area contributed by atoms with Crippen molar-refractivity contribution >= 4 is 59.7 Å². The fourth-order valence-corrected chi connectivity index (χ4v) is 4.15. The summed E-state index contributed by atoms with van der Waals surface area (Å²) in [7, 11) is 0. The van der Waals surface area contributed by atoms with Crippen LogP contribution in [0, 0.1) is 13.8 Å². The maximum atomic E-state index is 6.11. The molecule has 0 unspecified atom stereocenters. The first-order valence-electron chi connectivity index (χ1n) is 8.40. The Morgan fingerprint density at radius 1 is 0.852 bits per heavy atom. The molecule has 0 atom stereocenters. The summed E-state index contributed by atoms with van der Waals surface area (Å²) in [6.07, 6.45) is 1.84. The van der Waals surface area contributed by atoms with E-state index in [0.717, 1.165) is 36.0 Å². The van der Waals surface area contributed by atoms with Crippen LogP contribution in [0.2, 0.25) is 0 Å². The van der Waals surface area contributed by atoms with E-state index in [0.29, 0.717) is 6.61 Å². The maximum Gasteiger partial charge on any atom is 0.142 e. The van der Waals surface area contributed by atoms with Gasteiger partial charge in [0.15, 0.2) is 0 Å². The van der Waals surface area contributed by atoms with Crippen molar-refractivity contribution in [2.45, 2.75) is 20.5 Å². The Bertz CT molecular complexity index is 982. The van der Waals surface area contributed by atoms with Crippen LogP contribution in [0.5, 0.6) is 5.75 Å². The van der Waals surface area contributed by atoms with Crippen LogP contribution < -0.4 is 4.74 Å². The lowest BCUT2D eigenvalue weighted by atomic mass is 10.1. The van der Waals surface area contributed by atoms with Gasteiger partial charge in [-0.2, -0.15) is 0 Å². The fraction of sp³-hybridized carbons (Fsp3) is 0.136. The van der Waals surface area contributed by atoms with Crippen LogP contribution in [-0.4, -0.2) is 6.21 Å². The third kappa shape index (κ3) is 5.53. The minimum Gasteiger partial charge on any atom is -0.487 e. The van der Waals surface area contributed by atoms with Crippen molar-refractivity contribution in [2.24, 2.45) is 4.99 Å². The number of hydrogen-bond donors (Lipinski definition) is 0. The molecule has 0 N–H and O–H groups in total. The van der Waals surface area contributed by atoms with Crippen molar-refractivity contribution in [1.29, 1.82) is 0 Å². The van der Waals surface area contributed by atoms with Gasteiger partial charge in [-0.05, 0) is 82.9 Å². The van der Waals surface area contributed by atoms with E-state index < -0.39 is 0 Å². The van der Waals surface area contributed by atoms with Crippen molar-refractivity contribution in [2.75, 3.05) is 0 Å². The van der Waals surface area contributed by atoms with Crippen molar-refractivity contribution in [3.8, 4) is 5.75 Å². The first kappa shape index (κ1) is 20.3. The summed E-state index contributed by atoms with van der Waals surface area (Å²) < 4.78 is 9.01. The molecule has 3 rings (SSSR count). The zero-order valence-corrected chi connectivity index (χ0v) is 19.7. The zero-order chi connectivity index (χ0) is 19.4. The minimum absolute atomic E-state index is 0.484. The van der Waals surface area contributed by atoms with E-state index in [2.05, 4.69) is 78.8 Å². The lowest BCUT2D eigenvalue weighted by molar-refractivity contribution is 0.304. The molecule has 0 saturated carbocycles. The zero-order valence-electron chi connectivity index (χ0n) is 15.0. The van der Waals surface area contributed by atoms with Gasteiger partial charge in [-0.3, -0.25) is 4.99 Å². The summed E-state index contributed by atoms with van der Waals surface area (Å²) in [5, 5.41) is 0. The van der Waals surface area contributed by atoms with Crippen molar-refractivity contribution in [1.82, 2.24) is 0 Å². The van der Waals surface area contributed by atoms with Gasteiger partial charge >= 0.3 is 0 Å². The van der Waals surface area contributed by atoms with Gasteiger partial charge in [0, 0.05) is 20.7 Å². The van der Waals surface area contributed by atoms with E-state index in [9.17, 15) is 0 Å². The Morgan fingerprint density at radius 2 is 1.59 bits per heavy atom. The number of ether oxygens (including phenoxy) is 1. The van der Waals surface area contributed by atoms with Crippen LogP contribution in [0.15, 0.2) is 73.0 Å². The van der Waals surface area contributed by atoms with E-state index in [-0.39, 0.29) is 0 Å². The summed E-state index contributed by atoms with van der Waals surface area (Å²) in [5.41, 5.74) is 5.43. The van der Waals surface area contributed by atoms with E-state index in [1.165, 1.54) is 11.1 Å². The Morgan fingerprint density at radius 3 is 2.30 bits per heavy atom. The molecule has 27 heavy (non-hydrogen) atoms. The van der Waals surface area contributed by atoms with Crippen molar-refractivity contribution < 1.29 is 4.74 Å². The number of hydrogen-bond acceptors (Lipinski definition) is 2. The lowest BCUT2D eigenvalue weighted by Crippen LogP contribution is -1.99. The molecule has 0 aliphatic heterocycles. The van der Waals surface area contributed by atoms with Gasteiger partial charge in [-0.1, -0.05) is 50.1 Å². The first-order valence-corrected chi connectivity index (χ1v) is 10.8. The molecule has 138 valence electrons. The smallest absolute Gasteiger partial charge is 0.142 e. The van der Waals surface area contributed by atoms with Gasteiger partial charge in [0.2, 0.25) is 0 Å². The molecular formula is C22H18Br3NO. The van der Waals surface area contributed by atoms with E-state index in [1.807, 2.05) is 48.7 Å². The SMILES string of the molecule is Cc1ccc(N=Cc2cc(Br)cc(Br)c2OCc2ccc(Br)cc2)cc1C. The highest BCUT2D eigenvalue weighted by Gasteiger charge is 2.10. The van der Waals surface area contributed by atoms with Gasteiger partial charge in [0.1, 0.15) is 12.4 Å². The summed E-state index contributed by atoms with van der Waals surface area (Å²) in [4.78, 5) is 4.64. The van der Waals surface area contributed by atoms with Crippen LogP contribution in [0.1, 0.15) is 22.3 Å². The lowest BCUT2D eigenvalue weighted by Gasteiger charge is -2.12. The molecule has 0 aliphatic rings. The van der Waals surface area contributed by atoms with E-state index >= 15 is 0 Å². The highest BCUT2D eigenvalue weighted by molar-refractivity contribution is 9.11. The van der Waals surface area contributed by atoms with Gasteiger partial charge < -0.3 is 4.74 Å². The monoisotopic (exact) mass is 549 g/mol. The Labute approximate surface area is 185 Å². The quantitative estimate of drug-likeness (QED) is 0.295. The van der Waals surface area contributed by atoms with Crippen LogP contribution in [0.4, 0.5) is 5.69 Å². The molecule has 0 fully saturated rings. The van der Waals surface area contributed by atoms with Crippen LogP contribution in [0.25, 0.3) is 0 Å². The molecule has 0 heterocycles. The Kier molecular flexibility index (Phi) is 6.90. The molecule has 3 aromatic carbocycles. The summed E-state index contributed by atoms with van der Waals surface area (Å²) in [5.74, 6) is 0.772. The second-order valence-corrected chi connectivity index (χ2v) is 8.93. The van der Waals surface area contributed by atoms with Crippen LogP contribution >= 0.6 is 47.8 Å². The summed E-state index contributed by atoms with van der Waals surface area (Å²) in [6.45, 7) is 4.68. The van der Waals surface area contributed by atoms with Gasteiger partial charge in [0.05, 0.1) is 10.2 Å². The normalized spacial score (nSPS) is 11.1. The highest BCUT2D eigenvalue weighted by Crippen LogP contribution is 2.33. The number of rotatable bonds is 5. The molecule has 0 spiro atoms. The van der Waals surface area contributed by atoms with Gasteiger partial charge in [-0.15, -0.1) is 0 Å². The second kappa shape index (κ2) is 9.18. The van der Waals surface area contributed by atoms with Crippen molar-refractivity contribution in [3.05, 3.63) is 90.3 Å². The average molecular weight is 552 g/mol. The molecule has 0 aromatic heterocycles. The van der Waals surface area contributed by atoms with E-state index in [1.54, 1.807) is 0 Å². The molecule has 0 bridgehead atoms. The highest BCUT2D eigenvalue weighted by atomic mass is 79.9. The Balaban J connectivity index is 1.86. The summed E-state index contributed by atoms with van der Waals surface area (Å²) in [6, 6.07) is 18.3. The minimum atomic E-state index is 0.484. The van der Waals surface area contributed by atoms with Gasteiger partial charge in [0.25, 0.3) is 0 Å². The third-order valence-electron chi connectivity index (χ3n) is 4.18. The summed E-state index contributed by atoms with van der Waals surface area (Å²) >= 11 is 10.6. The fourth-order valence-electron chi connectivity index (χ4n) is 2.51. The standard InChI is InChI=1S/C22H18Br3NO/c1-14-3-8-20(9-15(14)2)26-12-17-10-19(24)11-21(25)22(17)27-13-16-4-6-18(23)7-5-16/h3-12H,13H2,1-2H3. The topological polar surface area (TPSA) is 21.6 Å². The number of nitrogens with zero attached hydrogens (tertiary/aromatic N) is 1. The van der Waals surface area contributed by atoms with Crippen LogP contribution in [-0.2, 0) is 6.61 Å². The second-order valence-electron chi connectivity index (χ2n) is 6.25. The molecule has 0 radical (unpaired) electrons. The largest absolute Gasteiger partial charge is 0.487 e. The maximum absolute atomic E-state index is 6.11. The predicted octanol–water partition coefficient (Wildman–Crippen LogP) is 7.92. The molecule has 0 amide bonds. The first-order chi connectivity index (χ1) is 12.9.